The van der Waals surface area contributed by atoms with Gasteiger partial charge in [0.15, 0.2) is 0 Å². The van der Waals surface area contributed by atoms with Crippen molar-refractivity contribution < 1.29 is 4.74 Å². The summed E-state index contributed by atoms with van der Waals surface area (Å²) in [6.07, 6.45) is 1.53. The minimum Gasteiger partial charge on any atom is -0.438 e. The second-order valence-electron chi connectivity index (χ2n) is 3.82. The molecule has 0 aliphatic carbocycles. The van der Waals surface area contributed by atoms with E-state index in [-0.39, 0.29) is 5.28 Å². The first-order valence-corrected chi connectivity index (χ1v) is 5.65. The van der Waals surface area contributed by atoms with Gasteiger partial charge >= 0.3 is 0 Å². The number of ether oxygens (including phenoxy) is 1. The number of halogens is 1. The van der Waals surface area contributed by atoms with E-state index in [9.17, 15) is 0 Å². The highest BCUT2D eigenvalue weighted by molar-refractivity contribution is 6.28. The lowest BCUT2D eigenvalue weighted by Crippen LogP contribution is -1.95. The molecule has 0 atom stereocenters. The Morgan fingerprint density at radius 2 is 1.94 bits per heavy atom. The molecule has 90 valence electrons. The average molecular weight is 260 g/mol. The topological polar surface area (TPSA) is 58.8 Å². The minimum absolute atomic E-state index is 0.136. The number of aryl methyl sites for hydroxylation is 2. The highest BCUT2D eigenvalue weighted by Gasteiger charge is 2.08. The summed E-state index contributed by atoms with van der Waals surface area (Å²) in [5.74, 6) is 1.06. The number of nitrogens with zero attached hydrogens (tertiary/aromatic N) is 3. The molecule has 0 bridgehead atoms. The molecule has 4 nitrogen and oxygen atoms in total. The van der Waals surface area contributed by atoms with Crippen LogP contribution in [0.5, 0.6) is 11.6 Å². The molecule has 0 saturated carbocycles. The second-order valence-corrected chi connectivity index (χ2v) is 4.16. The fourth-order valence-corrected chi connectivity index (χ4v) is 1.80. The van der Waals surface area contributed by atoms with Gasteiger partial charge in [-0.05, 0) is 48.7 Å². The van der Waals surface area contributed by atoms with Crippen LogP contribution in [-0.4, -0.2) is 9.97 Å². The van der Waals surface area contributed by atoms with Gasteiger partial charge in [-0.1, -0.05) is 0 Å². The molecule has 5 heteroatoms. The van der Waals surface area contributed by atoms with Crippen LogP contribution >= 0.6 is 11.6 Å². The van der Waals surface area contributed by atoms with Gasteiger partial charge < -0.3 is 4.74 Å². The van der Waals surface area contributed by atoms with E-state index in [1.807, 2.05) is 13.8 Å². The molecule has 0 saturated heterocycles. The molecule has 0 unspecified atom stereocenters. The van der Waals surface area contributed by atoms with Gasteiger partial charge in [0.05, 0.1) is 11.6 Å². The number of rotatable bonds is 2. The molecule has 0 fully saturated rings. The largest absolute Gasteiger partial charge is 0.438 e. The molecule has 1 aromatic carbocycles. The van der Waals surface area contributed by atoms with Gasteiger partial charge in [0.1, 0.15) is 5.75 Å². The highest BCUT2D eigenvalue weighted by Crippen LogP contribution is 2.28. The van der Waals surface area contributed by atoms with Crippen LogP contribution < -0.4 is 4.74 Å². The Hall–Kier alpha value is -2.12. The normalized spacial score (nSPS) is 9.89. The average Bonchev–Trinajstić information content (AvgIpc) is 2.33. The van der Waals surface area contributed by atoms with Crippen LogP contribution in [0.1, 0.15) is 16.7 Å². The van der Waals surface area contributed by atoms with Crippen molar-refractivity contribution in [3.63, 3.8) is 0 Å². The monoisotopic (exact) mass is 259 g/mol. The maximum Gasteiger partial charge on any atom is 0.225 e. The van der Waals surface area contributed by atoms with Crippen LogP contribution in [0.15, 0.2) is 24.4 Å². The number of hydrogen-bond acceptors (Lipinski definition) is 4. The third-order valence-electron chi connectivity index (χ3n) is 2.40. The van der Waals surface area contributed by atoms with Crippen LogP contribution in [0.2, 0.25) is 5.28 Å². The number of aromatic nitrogens is 2. The Balaban J connectivity index is 2.38. The van der Waals surface area contributed by atoms with Gasteiger partial charge in [-0.2, -0.15) is 10.2 Å². The first kappa shape index (κ1) is 12.3. The standard InChI is InChI=1S/C13H10ClN3O/c1-8-5-10(7-15)6-9(2)12(8)18-11-3-4-16-13(14)17-11/h3-6H,1-2H3. The molecule has 0 N–H and O–H groups in total. The molecule has 0 spiro atoms. The molecule has 2 aromatic rings. The summed E-state index contributed by atoms with van der Waals surface area (Å²) in [5, 5.41) is 9.01. The lowest BCUT2D eigenvalue weighted by molar-refractivity contribution is 0.454. The van der Waals surface area contributed by atoms with E-state index >= 15 is 0 Å². The maximum atomic E-state index is 8.87. The maximum absolute atomic E-state index is 8.87. The molecular formula is C13H10ClN3O. The second kappa shape index (κ2) is 5.03. The number of hydrogen-bond donors (Lipinski definition) is 0. The van der Waals surface area contributed by atoms with Gasteiger partial charge in [-0.3, -0.25) is 0 Å². The van der Waals surface area contributed by atoms with Crippen LogP contribution in [-0.2, 0) is 0 Å². The van der Waals surface area contributed by atoms with Crippen molar-refractivity contribution in [2.45, 2.75) is 13.8 Å². The van der Waals surface area contributed by atoms with Crippen molar-refractivity contribution >= 4 is 11.6 Å². The van der Waals surface area contributed by atoms with Crippen molar-refractivity contribution in [1.82, 2.24) is 9.97 Å². The predicted molar refractivity (Wildman–Crippen MR) is 67.7 cm³/mol. The van der Waals surface area contributed by atoms with Crippen molar-refractivity contribution in [3.8, 4) is 17.7 Å². The first-order chi connectivity index (χ1) is 8.60. The Morgan fingerprint density at radius 1 is 1.28 bits per heavy atom. The molecule has 0 aliphatic heterocycles. The Kier molecular flexibility index (Phi) is 3.45. The quantitative estimate of drug-likeness (QED) is 0.776. The van der Waals surface area contributed by atoms with E-state index in [0.717, 1.165) is 11.1 Å². The third kappa shape index (κ3) is 2.58. The fourth-order valence-electron chi connectivity index (χ4n) is 1.66. The van der Waals surface area contributed by atoms with Crippen molar-refractivity contribution in [2.75, 3.05) is 0 Å². The van der Waals surface area contributed by atoms with Crippen molar-refractivity contribution in [2.24, 2.45) is 0 Å². The zero-order valence-electron chi connectivity index (χ0n) is 9.94. The molecule has 0 aliphatic rings. The predicted octanol–water partition coefficient (Wildman–Crippen LogP) is 3.41. The number of nitriles is 1. The van der Waals surface area contributed by atoms with E-state index in [4.69, 9.17) is 21.6 Å². The minimum atomic E-state index is 0.136. The van der Waals surface area contributed by atoms with Crippen LogP contribution in [0.3, 0.4) is 0 Å². The van der Waals surface area contributed by atoms with E-state index in [2.05, 4.69) is 16.0 Å². The molecule has 0 radical (unpaired) electrons. The summed E-state index contributed by atoms with van der Waals surface area (Å²) < 4.78 is 5.68. The number of benzene rings is 1. The van der Waals surface area contributed by atoms with Crippen LogP contribution in [0.4, 0.5) is 0 Å². The van der Waals surface area contributed by atoms with Gasteiger partial charge in [0.25, 0.3) is 0 Å². The molecule has 0 amide bonds. The zero-order valence-corrected chi connectivity index (χ0v) is 10.7. The van der Waals surface area contributed by atoms with E-state index < -0.39 is 0 Å². The van der Waals surface area contributed by atoms with E-state index in [1.54, 1.807) is 18.2 Å². The molecule has 2 rings (SSSR count). The molecule has 18 heavy (non-hydrogen) atoms. The summed E-state index contributed by atoms with van der Waals surface area (Å²) in [6.45, 7) is 3.76. The summed E-state index contributed by atoms with van der Waals surface area (Å²) >= 11 is 5.69. The Morgan fingerprint density at radius 3 is 2.50 bits per heavy atom. The van der Waals surface area contributed by atoms with Crippen molar-refractivity contribution in [1.29, 1.82) is 5.26 Å². The molecule has 1 aromatic heterocycles. The molecule has 1 heterocycles. The summed E-state index contributed by atoms with van der Waals surface area (Å²) in [7, 11) is 0. The van der Waals surface area contributed by atoms with Crippen molar-refractivity contribution in [3.05, 3.63) is 46.4 Å². The Bertz CT molecular complexity index is 611. The molecular weight excluding hydrogens is 250 g/mol. The van der Waals surface area contributed by atoms with Gasteiger partial charge in [-0.25, -0.2) is 4.98 Å². The van der Waals surface area contributed by atoms with E-state index in [0.29, 0.717) is 17.2 Å². The third-order valence-corrected chi connectivity index (χ3v) is 2.58. The summed E-state index contributed by atoms with van der Waals surface area (Å²) in [6, 6.07) is 7.27. The lowest BCUT2D eigenvalue weighted by atomic mass is 10.1. The fraction of sp³-hybridized carbons (Fsp3) is 0.154. The Labute approximate surface area is 110 Å². The SMILES string of the molecule is Cc1cc(C#N)cc(C)c1Oc1ccnc(Cl)n1. The van der Waals surface area contributed by atoms with Crippen LogP contribution in [0.25, 0.3) is 0 Å². The van der Waals surface area contributed by atoms with E-state index in [1.165, 1.54) is 6.20 Å². The van der Waals surface area contributed by atoms with Gasteiger partial charge in [0.2, 0.25) is 11.2 Å². The first-order valence-electron chi connectivity index (χ1n) is 5.28. The summed E-state index contributed by atoms with van der Waals surface area (Å²) in [5.41, 5.74) is 2.36. The zero-order chi connectivity index (χ0) is 13.1. The van der Waals surface area contributed by atoms with Gasteiger partial charge in [-0.15, -0.1) is 0 Å². The highest BCUT2D eigenvalue weighted by atomic mass is 35.5. The van der Waals surface area contributed by atoms with Gasteiger partial charge in [0, 0.05) is 12.3 Å². The lowest BCUT2D eigenvalue weighted by Gasteiger charge is -2.11. The summed E-state index contributed by atoms with van der Waals surface area (Å²) in [4.78, 5) is 7.75. The van der Waals surface area contributed by atoms with Crippen LogP contribution in [0, 0.1) is 25.2 Å². The smallest absolute Gasteiger partial charge is 0.225 e.